The van der Waals surface area contributed by atoms with Crippen LogP contribution in [0.3, 0.4) is 0 Å². The van der Waals surface area contributed by atoms with Crippen molar-refractivity contribution in [3.63, 3.8) is 0 Å². The summed E-state index contributed by atoms with van der Waals surface area (Å²) in [5.74, 6) is 0.270. The van der Waals surface area contributed by atoms with Crippen LogP contribution >= 0.6 is 23.4 Å². The van der Waals surface area contributed by atoms with Crippen LogP contribution in [0.2, 0.25) is 5.02 Å². The molecule has 0 aliphatic rings. The zero-order chi connectivity index (χ0) is 23.1. The van der Waals surface area contributed by atoms with Gasteiger partial charge >= 0.3 is 0 Å². The van der Waals surface area contributed by atoms with Gasteiger partial charge in [-0.15, -0.1) is 0 Å². The van der Waals surface area contributed by atoms with E-state index in [2.05, 4.69) is 10.1 Å². The molecule has 0 saturated carbocycles. The van der Waals surface area contributed by atoms with Crippen LogP contribution in [0.5, 0.6) is 0 Å². The molecule has 33 heavy (non-hydrogen) atoms. The fourth-order valence-electron chi connectivity index (χ4n) is 3.58. The predicted octanol–water partition coefficient (Wildman–Crippen LogP) is 3.85. The highest BCUT2D eigenvalue weighted by Gasteiger charge is 2.17. The molecule has 0 amide bonds. The van der Waals surface area contributed by atoms with E-state index in [1.165, 1.54) is 33.1 Å². The van der Waals surface area contributed by atoms with Crippen molar-refractivity contribution < 1.29 is 0 Å². The van der Waals surface area contributed by atoms with Crippen molar-refractivity contribution in [3.05, 3.63) is 97.3 Å². The first-order chi connectivity index (χ1) is 16.0. The Kier molecular flexibility index (Phi) is 5.24. The lowest BCUT2D eigenvalue weighted by molar-refractivity contribution is 0.813. The second-order valence-electron chi connectivity index (χ2n) is 7.27. The zero-order valence-electron chi connectivity index (χ0n) is 17.2. The second kappa shape index (κ2) is 8.24. The van der Waals surface area contributed by atoms with Crippen LogP contribution in [0, 0.1) is 18.3 Å². The maximum atomic E-state index is 13.5. The smallest absolute Gasteiger partial charge is 0.272 e. The van der Waals surface area contributed by atoms with Gasteiger partial charge in [-0.2, -0.15) is 5.26 Å². The molecule has 10 heteroatoms. The fraction of sp³-hybridized carbons (Fsp3) is 0.0870. The van der Waals surface area contributed by atoms with Crippen LogP contribution in [0.4, 0.5) is 0 Å². The first-order valence-electron chi connectivity index (χ1n) is 9.88. The monoisotopic (exact) mass is 474 g/mol. The molecule has 0 aliphatic carbocycles. The van der Waals surface area contributed by atoms with E-state index < -0.39 is 0 Å². The lowest BCUT2D eigenvalue weighted by atomic mass is 10.2. The molecule has 0 aliphatic heterocycles. The predicted molar refractivity (Wildman–Crippen MR) is 127 cm³/mol. The van der Waals surface area contributed by atoms with Crippen molar-refractivity contribution in [3.8, 4) is 11.8 Å². The Bertz CT molecular complexity index is 1710. The average molecular weight is 475 g/mol. The third kappa shape index (κ3) is 3.59. The molecule has 8 nitrogen and oxygen atoms in total. The molecule has 0 spiro atoms. The summed E-state index contributed by atoms with van der Waals surface area (Å²) >= 11 is 7.61. The minimum Gasteiger partial charge on any atom is -0.295 e. The number of benzene rings is 2. The third-order valence-corrected chi connectivity index (χ3v) is 6.63. The molecule has 3 aromatic heterocycles. The summed E-state index contributed by atoms with van der Waals surface area (Å²) in [7, 11) is 0. The molecule has 2 aromatic carbocycles. The van der Waals surface area contributed by atoms with Gasteiger partial charge in [-0.1, -0.05) is 41.6 Å². The molecule has 0 radical (unpaired) electrons. The SMILES string of the molecule is Cc1c(Cl)cccc1-n1c(SCc2cc(=O)n3[nH]cc(C#N)c3n2)nc2ccccc2c1=O. The number of halogens is 1. The molecule has 0 fully saturated rings. The van der Waals surface area contributed by atoms with Crippen molar-refractivity contribution in [2.45, 2.75) is 17.8 Å². The fourth-order valence-corrected chi connectivity index (χ4v) is 4.65. The van der Waals surface area contributed by atoms with Crippen molar-refractivity contribution in [2.24, 2.45) is 0 Å². The van der Waals surface area contributed by atoms with Crippen LogP contribution in [0.15, 0.2) is 69.5 Å². The van der Waals surface area contributed by atoms with Gasteiger partial charge in [-0.25, -0.2) is 14.5 Å². The minimum absolute atomic E-state index is 0.214. The van der Waals surface area contributed by atoms with Gasteiger partial charge in [0.2, 0.25) is 0 Å². The van der Waals surface area contributed by atoms with Crippen molar-refractivity contribution in [2.75, 3.05) is 0 Å². The first-order valence-corrected chi connectivity index (χ1v) is 11.2. The standard InChI is InChI=1S/C23H15ClN6O2S/c1-13-17(24)6-4-8-19(13)29-22(32)16-5-2-3-7-18(16)28-23(29)33-12-15-9-20(31)30-21(27-15)14(10-25)11-26-30/h2-9,11,26H,12H2,1H3. The second-order valence-corrected chi connectivity index (χ2v) is 8.62. The van der Waals surface area contributed by atoms with Gasteiger partial charge in [0.25, 0.3) is 11.1 Å². The van der Waals surface area contributed by atoms with Gasteiger partial charge in [0.1, 0.15) is 11.6 Å². The summed E-state index contributed by atoms with van der Waals surface area (Å²) in [4.78, 5) is 35.1. The highest BCUT2D eigenvalue weighted by molar-refractivity contribution is 7.98. The van der Waals surface area contributed by atoms with E-state index in [0.717, 1.165) is 5.56 Å². The summed E-state index contributed by atoms with van der Waals surface area (Å²) in [6.45, 7) is 1.85. The van der Waals surface area contributed by atoms with E-state index in [9.17, 15) is 14.9 Å². The van der Waals surface area contributed by atoms with Crippen LogP contribution in [0.1, 0.15) is 16.8 Å². The number of nitrogens with one attached hydrogen (secondary N) is 1. The van der Waals surface area contributed by atoms with Crippen LogP contribution < -0.4 is 11.1 Å². The summed E-state index contributed by atoms with van der Waals surface area (Å²) in [6, 6.07) is 15.9. The number of para-hydroxylation sites is 1. The zero-order valence-corrected chi connectivity index (χ0v) is 18.8. The maximum Gasteiger partial charge on any atom is 0.272 e. The van der Waals surface area contributed by atoms with Gasteiger partial charge in [0, 0.05) is 23.0 Å². The average Bonchev–Trinajstić information content (AvgIpc) is 3.24. The van der Waals surface area contributed by atoms with E-state index >= 15 is 0 Å². The molecule has 0 saturated heterocycles. The van der Waals surface area contributed by atoms with Crippen molar-refractivity contribution >= 4 is 39.9 Å². The number of aromatic nitrogens is 5. The molecule has 0 atom stereocenters. The first kappa shape index (κ1) is 21.0. The van der Waals surface area contributed by atoms with Crippen molar-refractivity contribution in [1.29, 1.82) is 5.26 Å². The third-order valence-electron chi connectivity index (χ3n) is 5.25. The number of fused-ring (bicyclic) bond motifs is 2. The number of H-pyrrole nitrogens is 1. The molecule has 3 heterocycles. The summed E-state index contributed by atoms with van der Waals surface area (Å²) < 4.78 is 2.75. The number of nitriles is 1. The van der Waals surface area contributed by atoms with E-state index in [1.807, 2.05) is 25.1 Å². The molecule has 0 unspecified atom stereocenters. The summed E-state index contributed by atoms with van der Waals surface area (Å²) in [5.41, 5.74) is 2.42. The lowest BCUT2D eigenvalue weighted by Gasteiger charge is -2.15. The number of rotatable bonds is 4. The maximum absolute atomic E-state index is 13.5. The Morgan fingerprint density at radius 1 is 1.15 bits per heavy atom. The van der Waals surface area contributed by atoms with Crippen LogP contribution in [-0.4, -0.2) is 24.1 Å². The number of nitrogens with zero attached hydrogens (tertiary/aromatic N) is 5. The van der Waals surface area contributed by atoms with E-state index in [1.54, 1.807) is 30.3 Å². The van der Waals surface area contributed by atoms with Crippen molar-refractivity contribution in [1.82, 2.24) is 24.1 Å². The Labute approximate surface area is 196 Å². The normalized spacial score (nSPS) is 11.2. The molecular weight excluding hydrogens is 460 g/mol. The largest absolute Gasteiger partial charge is 0.295 e. The van der Waals surface area contributed by atoms with Gasteiger partial charge in [0.05, 0.1) is 22.3 Å². The molecule has 1 N–H and O–H groups in total. The number of hydrogen-bond acceptors (Lipinski definition) is 6. The highest BCUT2D eigenvalue weighted by atomic mass is 35.5. The van der Waals surface area contributed by atoms with E-state index in [4.69, 9.17) is 16.6 Å². The molecule has 0 bridgehead atoms. The summed E-state index contributed by atoms with van der Waals surface area (Å²) in [5, 5.41) is 13.5. The molecule has 162 valence electrons. The van der Waals surface area contributed by atoms with Gasteiger partial charge in [0.15, 0.2) is 10.8 Å². The van der Waals surface area contributed by atoms with E-state index in [-0.39, 0.29) is 28.1 Å². The lowest BCUT2D eigenvalue weighted by Crippen LogP contribution is -2.22. The van der Waals surface area contributed by atoms with E-state index in [0.29, 0.717) is 32.5 Å². The quantitative estimate of drug-likeness (QED) is 0.313. The summed E-state index contributed by atoms with van der Waals surface area (Å²) in [6.07, 6.45) is 1.44. The Morgan fingerprint density at radius 3 is 2.79 bits per heavy atom. The molecular formula is C23H15ClN6O2S. The Balaban J connectivity index is 1.65. The number of aromatic amines is 1. The number of hydrogen-bond donors (Lipinski definition) is 1. The highest BCUT2D eigenvalue weighted by Crippen LogP contribution is 2.28. The molecule has 5 rings (SSSR count). The van der Waals surface area contributed by atoms with Crippen LogP contribution in [-0.2, 0) is 5.75 Å². The van der Waals surface area contributed by atoms with Crippen LogP contribution in [0.25, 0.3) is 22.2 Å². The minimum atomic E-state index is -0.327. The van der Waals surface area contributed by atoms with Gasteiger partial charge in [-0.05, 0) is 36.8 Å². The molecule has 5 aromatic rings. The topological polar surface area (TPSA) is 109 Å². The Hall–Kier alpha value is -3.87. The number of thioether (sulfide) groups is 1. The Morgan fingerprint density at radius 2 is 1.97 bits per heavy atom. The van der Waals surface area contributed by atoms with Gasteiger partial charge < -0.3 is 0 Å². The van der Waals surface area contributed by atoms with Gasteiger partial charge in [-0.3, -0.25) is 19.3 Å².